The SMILES string of the molecule is CC(N)Cc1cc2c(cc1OCc1ccc(Cl)s1)OCO2. The molecule has 21 heavy (non-hydrogen) atoms. The molecule has 6 heteroatoms. The number of halogens is 1. The van der Waals surface area contributed by atoms with Gasteiger partial charge in [-0.3, -0.25) is 0 Å². The lowest BCUT2D eigenvalue weighted by molar-refractivity contribution is 0.173. The topological polar surface area (TPSA) is 53.7 Å². The smallest absolute Gasteiger partial charge is 0.231 e. The predicted molar refractivity (Wildman–Crippen MR) is 83.6 cm³/mol. The fourth-order valence-corrected chi connectivity index (χ4v) is 3.19. The van der Waals surface area contributed by atoms with E-state index in [-0.39, 0.29) is 12.8 Å². The second kappa shape index (κ2) is 6.13. The first-order chi connectivity index (χ1) is 10.1. The van der Waals surface area contributed by atoms with Gasteiger partial charge >= 0.3 is 0 Å². The lowest BCUT2D eigenvalue weighted by atomic mass is 10.1. The highest BCUT2D eigenvalue weighted by Gasteiger charge is 2.19. The molecular formula is C15H16ClNO3S. The standard InChI is InChI=1S/C15H16ClNO3S/c1-9(17)4-10-5-13-14(20-8-19-13)6-12(10)18-7-11-2-3-15(16)21-11/h2-3,5-6,9H,4,7-8,17H2,1H3. The Hall–Kier alpha value is -1.43. The molecule has 1 atom stereocenters. The minimum atomic E-state index is 0.0453. The molecule has 4 nitrogen and oxygen atoms in total. The summed E-state index contributed by atoms with van der Waals surface area (Å²) in [5.41, 5.74) is 6.93. The van der Waals surface area contributed by atoms with Crippen molar-refractivity contribution >= 4 is 22.9 Å². The normalized spacial score (nSPS) is 14.2. The third kappa shape index (κ3) is 3.43. The molecule has 2 N–H and O–H groups in total. The van der Waals surface area contributed by atoms with Gasteiger partial charge in [-0.15, -0.1) is 11.3 Å². The van der Waals surface area contributed by atoms with Crippen LogP contribution < -0.4 is 19.9 Å². The van der Waals surface area contributed by atoms with E-state index in [1.54, 1.807) is 0 Å². The highest BCUT2D eigenvalue weighted by atomic mass is 35.5. The van der Waals surface area contributed by atoms with Crippen molar-refractivity contribution in [3.8, 4) is 17.2 Å². The third-order valence-electron chi connectivity index (χ3n) is 3.10. The molecule has 1 aliphatic heterocycles. The summed E-state index contributed by atoms with van der Waals surface area (Å²) in [4.78, 5) is 1.07. The Morgan fingerprint density at radius 1 is 1.33 bits per heavy atom. The van der Waals surface area contributed by atoms with Gasteiger partial charge in [0, 0.05) is 17.0 Å². The highest BCUT2D eigenvalue weighted by molar-refractivity contribution is 7.16. The summed E-state index contributed by atoms with van der Waals surface area (Å²) < 4.78 is 17.5. The summed E-state index contributed by atoms with van der Waals surface area (Å²) in [5.74, 6) is 2.24. The summed E-state index contributed by atoms with van der Waals surface area (Å²) in [6.45, 7) is 2.69. The molecule has 2 heterocycles. The van der Waals surface area contributed by atoms with Crippen LogP contribution >= 0.6 is 22.9 Å². The Morgan fingerprint density at radius 3 is 2.76 bits per heavy atom. The Bertz CT molecular complexity index is 642. The molecule has 1 unspecified atom stereocenters. The van der Waals surface area contributed by atoms with Gasteiger partial charge in [-0.05, 0) is 37.1 Å². The van der Waals surface area contributed by atoms with Gasteiger partial charge in [0.1, 0.15) is 12.4 Å². The zero-order valence-electron chi connectivity index (χ0n) is 11.6. The van der Waals surface area contributed by atoms with Gasteiger partial charge in [0.05, 0.1) is 4.34 Å². The number of ether oxygens (including phenoxy) is 3. The Balaban J connectivity index is 1.81. The number of rotatable bonds is 5. The molecule has 2 aromatic rings. The number of hydrogen-bond acceptors (Lipinski definition) is 5. The molecule has 3 rings (SSSR count). The molecule has 0 saturated carbocycles. The Morgan fingerprint density at radius 2 is 2.10 bits per heavy atom. The van der Waals surface area contributed by atoms with Gasteiger partial charge in [-0.2, -0.15) is 0 Å². The van der Waals surface area contributed by atoms with Crippen molar-refractivity contribution in [2.24, 2.45) is 5.73 Å². The van der Waals surface area contributed by atoms with Gasteiger partial charge in [0.15, 0.2) is 11.5 Å². The average Bonchev–Trinajstić information content (AvgIpc) is 3.03. The van der Waals surface area contributed by atoms with Crippen molar-refractivity contribution in [2.75, 3.05) is 6.79 Å². The van der Waals surface area contributed by atoms with Crippen LogP contribution in [0.15, 0.2) is 24.3 Å². The monoisotopic (exact) mass is 325 g/mol. The molecule has 0 bridgehead atoms. The molecule has 0 saturated heterocycles. The fraction of sp³-hybridized carbons (Fsp3) is 0.333. The van der Waals surface area contributed by atoms with Crippen molar-refractivity contribution in [1.82, 2.24) is 0 Å². The van der Waals surface area contributed by atoms with E-state index in [4.69, 9.17) is 31.5 Å². The van der Waals surface area contributed by atoms with Crippen LogP contribution in [0.1, 0.15) is 17.4 Å². The molecule has 1 aromatic carbocycles. The predicted octanol–water partition coefficient (Wildman–Crippen LogP) is 3.60. The van der Waals surface area contributed by atoms with Crippen LogP contribution in [0.5, 0.6) is 17.2 Å². The van der Waals surface area contributed by atoms with Gasteiger partial charge < -0.3 is 19.9 Å². The van der Waals surface area contributed by atoms with E-state index in [0.29, 0.717) is 12.4 Å². The van der Waals surface area contributed by atoms with Crippen molar-refractivity contribution in [3.05, 3.63) is 39.0 Å². The zero-order valence-corrected chi connectivity index (χ0v) is 13.2. The summed E-state index contributed by atoms with van der Waals surface area (Å²) in [6, 6.07) is 7.69. The number of thiophene rings is 1. The van der Waals surface area contributed by atoms with E-state index in [1.807, 2.05) is 31.2 Å². The number of benzene rings is 1. The Labute approximate surface area is 132 Å². The number of nitrogens with two attached hydrogens (primary N) is 1. The van der Waals surface area contributed by atoms with Gasteiger partial charge in [-0.25, -0.2) is 0 Å². The second-order valence-corrected chi connectivity index (χ2v) is 6.79. The first kappa shape index (κ1) is 14.5. The molecule has 0 fully saturated rings. The molecule has 0 spiro atoms. The fourth-order valence-electron chi connectivity index (χ4n) is 2.18. The summed E-state index contributed by atoms with van der Waals surface area (Å²) >= 11 is 7.44. The minimum Gasteiger partial charge on any atom is -0.488 e. The molecule has 0 aliphatic carbocycles. The van der Waals surface area contributed by atoms with E-state index in [2.05, 4.69) is 0 Å². The lowest BCUT2D eigenvalue weighted by Crippen LogP contribution is -2.18. The van der Waals surface area contributed by atoms with Crippen molar-refractivity contribution in [1.29, 1.82) is 0 Å². The Kier molecular flexibility index (Phi) is 4.24. The molecule has 0 amide bonds. The zero-order chi connectivity index (χ0) is 14.8. The van der Waals surface area contributed by atoms with Crippen LogP contribution in [0.2, 0.25) is 4.34 Å². The van der Waals surface area contributed by atoms with Crippen LogP contribution in [0.4, 0.5) is 0 Å². The van der Waals surface area contributed by atoms with E-state index in [0.717, 1.165) is 32.7 Å². The molecular weight excluding hydrogens is 310 g/mol. The van der Waals surface area contributed by atoms with Crippen molar-refractivity contribution in [2.45, 2.75) is 26.0 Å². The molecule has 1 aromatic heterocycles. The average molecular weight is 326 g/mol. The maximum Gasteiger partial charge on any atom is 0.231 e. The number of hydrogen-bond donors (Lipinski definition) is 1. The third-order valence-corrected chi connectivity index (χ3v) is 4.30. The van der Waals surface area contributed by atoms with Crippen LogP contribution in [0.25, 0.3) is 0 Å². The van der Waals surface area contributed by atoms with E-state index < -0.39 is 0 Å². The second-order valence-electron chi connectivity index (χ2n) is 4.99. The van der Waals surface area contributed by atoms with Crippen molar-refractivity contribution in [3.63, 3.8) is 0 Å². The largest absolute Gasteiger partial charge is 0.488 e. The molecule has 112 valence electrons. The maximum absolute atomic E-state index is 5.93. The summed E-state index contributed by atoms with van der Waals surface area (Å²) in [5, 5.41) is 0. The van der Waals surface area contributed by atoms with Crippen LogP contribution in [-0.2, 0) is 13.0 Å². The molecule has 1 aliphatic rings. The van der Waals surface area contributed by atoms with Gasteiger partial charge in [0.2, 0.25) is 6.79 Å². The first-order valence-corrected chi connectivity index (χ1v) is 7.86. The maximum atomic E-state index is 5.93. The summed E-state index contributed by atoms with van der Waals surface area (Å²) in [6.07, 6.45) is 0.719. The molecule has 0 radical (unpaired) electrons. The highest BCUT2D eigenvalue weighted by Crippen LogP contribution is 2.39. The van der Waals surface area contributed by atoms with Crippen LogP contribution in [0, 0.1) is 0 Å². The van der Waals surface area contributed by atoms with Gasteiger partial charge in [-0.1, -0.05) is 11.6 Å². The van der Waals surface area contributed by atoms with Crippen LogP contribution in [0.3, 0.4) is 0 Å². The van der Waals surface area contributed by atoms with E-state index in [1.165, 1.54) is 11.3 Å². The first-order valence-electron chi connectivity index (χ1n) is 6.67. The van der Waals surface area contributed by atoms with Gasteiger partial charge in [0.25, 0.3) is 0 Å². The lowest BCUT2D eigenvalue weighted by Gasteiger charge is -2.13. The minimum absolute atomic E-state index is 0.0453. The number of fused-ring (bicyclic) bond motifs is 1. The van der Waals surface area contributed by atoms with E-state index in [9.17, 15) is 0 Å². The van der Waals surface area contributed by atoms with Crippen LogP contribution in [-0.4, -0.2) is 12.8 Å². The van der Waals surface area contributed by atoms with Crippen molar-refractivity contribution < 1.29 is 14.2 Å². The van der Waals surface area contributed by atoms with E-state index >= 15 is 0 Å². The quantitative estimate of drug-likeness (QED) is 0.912. The summed E-state index contributed by atoms with van der Waals surface area (Å²) in [7, 11) is 0.